The molecule has 1 aliphatic rings. The fourth-order valence-corrected chi connectivity index (χ4v) is 3.91. The molecular weight excluding hydrogens is 330 g/mol. The lowest BCUT2D eigenvalue weighted by Gasteiger charge is -2.34. The number of rotatable bonds is 10. The van der Waals surface area contributed by atoms with Crippen molar-refractivity contribution < 1.29 is 18.0 Å². The molecule has 0 atom stereocenters. The van der Waals surface area contributed by atoms with Gasteiger partial charge in [0, 0.05) is 45.6 Å². The van der Waals surface area contributed by atoms with Gasteiger partial charge in [-0.25, -0.2) is 8.42 Å². The molecule has 0 aliphatic carbocycles. The minimum Gasteiger partial charge on any atom is -0.355 e. The Morgan fingerprint density at radius 3 is 2.12 bits per heavy atom. The van der Waals surface area contributed by atoms with Crippen molar-refractivity contribution >= 4 is 21.8 Å². The highest BCUT2D eigenvalue weighted by Gasteiger charge is 2.28. The smallest absolute Gasteiger partial charge is 0.222 e. The average Bonchev–Trinajstić information content (AvgIpc) is 2.57. The van der Waals surface area contributed by atoms with Crippen molar-refractivity contribution in [2.24, 2.45) is 0 Å². The summed E-state index contributed by atoms with van der Waals surface area (Å²) in [5.41, 5.74) is 0. The predicted octanol–water partition coefficient (Wildman–Crippen LogP) is 0.957. The van der Waals surface area contributed by atoms with Gasteiger partial charge in [-0.1, -0.05) is 26.7 Å². The van der Waals surface area contributed by atoms with Crippen LogP contribution < -0.4 is 5.32 Å². The van der Waals surface area contributed by atoms with Crippen molar-refractivity contribution in [3.05, 3.63) is 0 Å². The van der Waals surface area contributed by atoms with Crippen LogP contribution in [0.25, 0.3) is 0 Å². The van der Waals surface area contributed by atoms with Crippen molar-refractivity contribution in [3.63, 3.8) is 0 Å². The highest BCUT2D eigenvalue weighted by molar-refractivity contribution is 7.89. The Bertz CT molecular complexity index is 499. The zero-order valence-corrected chi connectivity index (χ0v) is 15.7. The first kappa shape index (κ1) is 20.9. The third-order valence-corrected chi connectivity index (χ3v) is 6.04. The van der Waals surface area contributed by atoms with Crippen LogP contribution in [0, 0.1) is 0 Å². The van der Waals surface area contributed by atoms with Crippen LogP contribution in [-0.4, -0.2) is 67.9 Å². The second-order valence-electron chi connectivity index (χ2n) is 6.15. The number of hydrogen-bond donors (Lipinski definition) is 1. The van der Waals surface area contributed by atoms with Crippen LogP contribution in [0.15, 0.2) is 0 Å². The summed E-state index contributed by atoms with van der Waals surface area (Å²) in [6.07, 6.45) is 4.57. The average molecular weight is 362 g/mol. The Kier molecular flexibility index (Phi) is 9.28. The van der Waals surface area contributed by atoms with E-state index < -0.39 is 10.0 Å². The Balaban J connectivity index is 2.34. The molecule has 2 amide bonds. The molecule has 0 saturated carbocycles. The lowest BCUT2D eigenvalue weighted by molar-refractivity contribution is -0.132. The van der Waals surface area contributed by atoms with Gasteiger partial charge in [0.1, 0.15) is 0 Å². The van der Waals surface area contributed by atoms with Gasteiger partial charge in [-0.2, -0.15) is 4.31 Å². The number of piperazine rings is 1. The molecule has 1 heterocycles. The molecule has 0 spiro atoms. The summed E-state index contributed by atoms with van der Waals surface area (Å²) in [5.74, 6) is -0.0789. The normalized spacial score (nSPS) is 16.2. The molecule has 0 aromatic rings. The first-order chi connectivity index (χ1) is 11.4. The summed E-state index contributed by atoms with van der Waals surface area (Å²) in [6, 6.07) is 0. The van der Waals surface area contributed by atoms with Crippen molar-refractivity contribution in [1.29, 1.82) is 0 Å². The molecule has 1 saturated heterocycles. The number of sulfonamides is 1. The number of carbonyl (C=O) groups excluding carboxylic acids is 2. The van der Waals surface area contributed by atoms with Crippen molar-refractivity contribution in [1.82, 2.24) is 14.5 Å². The molecule has 1 rings (SSSR count). The number of hydrogen-bond acceptors (Lipinski definition) is 4. The van der Waals surface area contributed by atoms with E-state index in [9.17, 15) is 18.0 Å². The number of nitrogens with one attached hydrogen (secondary N) is 1. The second kappa shape index (κ2) is 10.7. The summed E-state index contributed by atoms with van der Waals surface area (Å²) < 4.78 is 26.0. The molecule has 7 nitrogen and oxygen atoms in total. The molecule has 0 aromatic heterocycles. The Hall–Kier alpha value is -1.15. The molecule has 1 fully saturated rings. The van der Waals surface area contributed by atoms with Crippen LogP contribution in [-0.2, 0) is 19.6 Å². The molecular formula is C16H31N3O4S. The molecule has 0 unspecified atom stereocenters. The Morgan fingerprint density at radius 1 is 0.958 bits per heavy atom. The van der Waals surface area contributed by atoms with Gasteiger partial charge in [0.15, 0.2) is 0 Å². The fourth-order valence-electron chi connectivity index (χ4n) is 2.58. The van der Waals surface area contributed by atoms with Crippen LogP contribution in [0.5, 0.6) is 0 Å². The molecule has 1 N–H and O–H groups in total. The Labute approximate surface area is 145 Å². The highest BCUT2D eigenvalue weighted by Crippen LogP contribution is 2.10. The first-order valence-electron chi connectivity index (χ1n) is 8.93. The van der Waals surface area contributed by atoms with Crippen LogP contribution in [0.1, 0.15) is 52.4 Å². The van der Waals surface area contributed by atoms with Gasteiger partial charge in [0.2, 0.25) is 21.8 Å². The van der Waals surface area contributed by atoms with Crippen LogP contribution >= 0.6 is 0 Å². The van der Waals surface area contributed by atoms with Gasteiger partial charge in [-0.05, 0) is 12.8 Å². The van der Waals surface area contributed by atoms with Gasteiger partial charge in [-0.15, -0.1) is 0 Å². The van der Waals surface area contributed by atoms with Gasteiger partial charge < -0.3 is 10.2 Å². The molecule has 0 aromatic carbocycles. The molecule has 8 heteroatoms. The summed E-state index contributed by atoms with van der Waals surface area (Å²) in [7, 11) is -3.38. The standard InChI is InChI=1S/C16H31N3O4S/c1-3-5-7-15(20)17-9-14-24(22,23)19-12-10-18(11-13-19)16(21)8-6-4-2/h3-14H2,1-2H3,(H,17,20). The van der Waals surface area contributed by atoms with E-state index in [4.69, 9.17) is 0 Å². The van der Waals surface area contributed by atoms with Crippen LogP contribution in [0.4, 0.5) is 0 Å². The van der Waals surface area contributed by atoms with Crippen molar-refractivity contribution in [2.45, 2.75) is 52.4 Å². The number of unbranched alkanes of at least 4 members (excludes halogenated alkanes) is 2. The first-order valence-corrected chi connectivity index (χ1v) is 10.5. The van der Waals surface area contributed by atoms with Gasteiger partial charge in [0.05, 0.1) is 5.75 Å². The SMILES string of the molecule is CCCCC(=O)NCCS(=O)(=O)N1CCN(C(=O)CCCC)CC1. The van der Waals surface area contributed by atoms with Gasteiger partial charge >= 0.3 is 0 Å². The predicted molar refractivity (Wildman–Crippen MR) is 94.0 cm³/mol. The van der Waals surface area contributed by atoms with Crippen LogP contribution in [0.3, 0.4) is 0 Å². The van der Waals surface area contributed by atoms with E-state index >= 15 is 0 Å². The van der Waals surface area contributed by atoms with Crippen molar-refractivity contribution in [3.8, 4) is 0 Å². The number of carbonyl (C=O) groups is 2. The lowest BCUT2D eigenvalue weighted by atomic mass is 10.2. The summed E-state index contributed by atoms with van der Waals surface area (Å²) in [5, 5.41) is 2.65. The van der Waals surface area contributed by atoms with E-state index in [2.05, 4.69) is 5.32 Å². The third kappa shape index (κ3) is 7.17. The molecule has 1 aliphatic heterocycles. The van der Waals surface area contributed by atoms with Gasteiger partial charge in [-0.3, -0.25) is 9.59 Å². The minimum atomic E-state index is -3.38. The largest absolute Gasteiger partial charge is 0.355 e. The number of nitrogens with zero attached hydrogens (tertiary/aromatic N) is 2. The molecule has 0 bridgehead atoms. The van der Waals surface area contributed by atoms with E-state index in [-0.39, 0.29) is 24.1 Å². The lowest BCUT2D eigenvalue weighted by Crippen LogP contribution is -2.51. The van der Waals surface area contributed by atoms with E-state index in [0.717, 1.165) is 25.7 Å². The second-order valence-corrected chi connectivity index (χ2v) is 8.24. The van der Waals surface area contributed by atoms with Crippen LogP contribution in [0.2, 0.25) is 0 Å². The summed E-state index contributed by atoms with van der Waals surface area (Å²) in [4.78, 5) is 25.2. The van der Waals surface area contributed by atoms with E-state index in [1.807, 2.05) is 13.8 Å². The van der Waals surface area contributed by atoms with Gasteiger partial charge in [0.25, 0.3) is 0 Å². The molecule has 24 heavy (non-hydrogen) atoms. The van der Waals surface area contributed by atoms with E-state index in [0.29, 0.717) is 39.0 Å². The zero-order chi connectivity index (χ0) is 18.0. The Morgan fingerprint density at radius 2 is 1.54 bits per heavy atom. The maximum Gasteiger partial charge on any atom is 0.222 e. The molecule has 0 radical (unpaired) electrons. The maximum absolute atomic E-state index is 12.3. The fraction of sp³-hybridized carbons (Fsp3) is 0.875. The number of amides is 2. The maximum atomic E-state index is 12.3. The van der Waals surface area contributed by atoms with E-state index in [1.54, 1.807) is 4.90 Å². The third-order valence-electron chi connectivity index (χ3n) is 4.17. The minimum absolute atomic E-state index is 0.0886. The summed E-state index contributed by atoms with van der Waals surface area (Å²) in [6.45, 7) is 5.76. The zero-order valence-electron chi connectivity index (χ0n) is 14.9. The topological polar surface area (TPSA) is 86.8 Å². The van der Waals surface area contributed by atoms with Crippen molar-refractivity contribution in [2.75, 3.05) is 38.5 Å². The van der Waals surface area contributed by atoms with E-state index in [1.165, 1.54) is 4.31 Å². The summed E-state index contributed by atoms with van der Waals surface area (Å²) >= 11 is 0. The quantitative estimate of drug-likeness (QED) is 0.628. The molecule has 140 valence electrons. The monoisotopic (exact) mass is 361 g/mol. The highest BCUT2D eigenvalue weighted by atomic mass is 32.2.